The van der Waals surface area contributed by atoms with Gasteiger partial charge in [0.15, 0.2) is 0 Å². The molecule has 134 valence electrons. The van der Waals surface area contributed by atoms with Crippen LogP contribution in [0.4, 0.5) is 10.7 Å². The summed E-state index contributed by atoms with van der Waals surface area (Å²) in [5.41, 5.74) is 3.66. The van der Waals surface area contributed by atoms with Gasteiger partial charge in [0.05, 0.1) is 30.5 Å². The minimum Gasteiger partial charge on any atom is -0.378 e. The van der Waals surface area contributed by atoms with Crippen LogP contribution in [0.3, 0.4) is 0 Å². The number of anilines is 2. The molecule has 6 nitrogen and oxygen atoms in total. The Labute approximate surface area is 152 Å². The van der Waals surface area contributed by atoms with Crippen molar-refractivity contribution in [3.8, 4) is 0 Å². The number of rotatable bonds is 5. The summed E-state index contributed by atoms with van der Waals surface area (Å²) in [6, 6.07) is 8.30. The van der Waals surface area contributed by atoms with Gasteiger partial charge in [0.25, 0.3) is 5.91 Å². The lowest BCUT2D eigenvalue weighted by molar-refractivity contribution is 0.0940. The van der Waals surface area contributed by atoms with Crippen molar-refractivity contribution in [2.75, 3.05) is 43.6 Å². The topological polar surface area (TPSA) is 66.5 Å². The second-order valence-electron chi connectivity index (χ2n) is 6.11. The average Bonchev–Trinajstić information content (AvgIpc) is 3.03. The number of nitrogens with zero attached hydrogens (tertiary/aromatic N) is 2. The van der Waals surface area contributed by atoms with E-state index in [0.29, 0.717) is 5.56 Å². The number of hydrogen-bond donors (Lipinski definition) is 2. The Kier molecular flexibility index (Phi) is 5.55. The van der Waals surface area contributed by atoms with Gasteiger partial charge in [-0.2, -0.15) is 4.37 Å². The molecule has 1 unspecified atom stereocenters. The van der Waals surface area contributed by atoms with Crippen LogP contribution in [0.25, 0.3) is 0 Å². The molecule has 2 aromatic rings. The standard InChI is InChI=1S/C18H24N4O2S/c1-12(20-17(23)16-13(2)21-25-18(16)19-3)14-4-6-15(7-5-14)22-8-10-24-11-9-22/h4-7,12,19H,8-11H2,1-3H3,(H,20,23). The van der Waals surface area contributed by atoms with E-state index in [1.54, 1.807) is 7.05 Å². The van der Waals surface area contributed by atoms with Crippen LogP contribution < -0.4 is 15.5 Å². The molecule has 1 aliphatic rings. The molecule has 1 amide bonds. The highest BCUT2D eigenvalue weighted by Crippen LogP contribution is 2.25. The van der Waals surface area contributed by atoms with Crippen molar-refractivity contribution in [2.24, 2.45) is 0 Å². The summed E-state index contributed by atoms with van der Waals surface area (Å²) in [7, 11) is 1.80. The average molecular weight is 360 g/mol. The smallest absolute Gasteiger partial charge is 0.256 e. The highest BCUT2D eigenvalue weighted by Gasteiger charge is 2.20. The van der Waals surface area contributed by atoms with Gasteiger partial charge in [-0.05, 0) is 43.1 Å². The van der Waals surface area contributed by atoms with Crippen LogP contribution in [-0.4, -0.2) is 43.6 Å². The number of morpholine rings is 1. The number of aryl methyl sites for hydroxylation is 1. The molecule has 0 aliphatic carbocycles. The monoisotopic (exact) mass is 360 g/mol. The Bertz CT molecular complexity index is 723. The van der Waals surface area contributed by atoms with Crippen LogP contribution in [0.2, 0.25) is 0 Å². The lowest BCUT2D eigenvalue weighted by Crippen LogP contribution is -2.36. The molecule has 3 rings (SSSR count). The third-order valence-electron chi connectivity index (χ3n) is 4.43. The Morgan fingerprint density at radius 2 is 1.96 bits per heavy atom. The summed E-state index contributed by atoms with van der Waals surface area (Å²) in [6.45, 7) is 7.24. The zero-order valence-corrected chi connectivity index (χ0v) is 15.7. The summed E-state index contributed by atoms with van der Waals surface area (Å²) in [5.74, 6) is -0.0969. The summed E-state index contributed by atoms with van der Waals surface area (Å²) >= 11 is 1.31. The third-order valence-corrected chi connectivity index (χ3v) is 5.39. The van der Waals surface area contributed by atoms with Gasteiger partial charge in [-0.25, -0.2) is 0 Å². The molecule has 25 heavy (non-hydrogen) atoms. The van der Waals surface area contributed by atoms with Crippen LogP contribution in [0, 0.1) is 6.92 Å². The predicted octanol–water partition coefficient (Wildman–Crippen LogP) is 2.82. The quantitative estimate of drug-likeness (QED) is 0.858. The number of ether oxygens (including phenoxy) is 1. The van der Waals surface area contributed by atoms with Crippen LogP contribution in [0.15, 0.2) is 24.3 Å². The maximum Gasteiger partial charge on any atom is 0.256 e. The summed E-state index contributed by atoms with van der Waals surface area (Å²) in [4.78, 5) is 14.9. The zero-order valence-electron chi connectivity index (χ0n) is 14.8. The molecule has 1 saturated heterocycles. The SMILES string of the molecule is CNc1snc(C)c1C(=O)NC(C)c1ccc(N2CCOCC2)cc1. The van der Waals surface area contributed by atoms with E-state index in [1.165, 1.54) is 17.2 Å². The van der Waals surface area contributed by atoms with E-state index in [2.05, 4.69) is 44.2 Å². The summed E-state index contributed by atoms with van der Waals surface area (Å²) in [6.07, 6.45) is 0. The number of hydrogen-bond acceptors (Lipinski definition) is 6. The molecule has 1 aromatic carbocycles. The molecule has 2 heterocycles. The first-order chi connectivity index (χ1) is 12.1. The van der Waals surface area contributed by atoms with Gasteiger partial charge < -0.3 is 20.3 Å². The fourth-order valence-electron chi connectivity index (χ4n) is 2.96. The van der Waals surface area contributed by atoms with E-state index >= 15 is 0 Å². The summed E-state index contributed by atoms with van der Waals surface area (Å²) in [5, 5.41) is 6.90. The Morgan fingerprint density at radius 1 is 1.28 bits per heavy atom. The van der Waals surface area contributed by atoms with Gasteiger partial charge >= 0.3 is 0 Å². The molecular formula is C18H24N4O2S. The second kappa shape index (κ2) is 7.84. The number of benzene rings is 1. The Hall–Kier alpha value is -2.12. The first-order valence-electron chi connectivity index (χ1n) is 8.47. The maximum atomic E-state index is 12.6. The number of amides is 1. The van der Waals surface area contributed by atoms with E-state index in [4.69, 9.17) is 4.74 Å². The van der Waals surface area contributed by atoms with E-state index < -0.39 is 0 Å². The van der Waals surface area contributed by atoms with Crippen molar-refractivity contribution in [3.63, 3.8) is 0 Å². The van der Waals surface area contributed by atoms with Gasteiger partial charge in [-0.3, -0.25) is 4.79 Å². The van der Waals surface area contributed by atoms with Crippen molar-refractivity contribution in [2.45, 2.75) is 19.9 Å². The van der Waals surface area contributed by atoms with Crippen molar-refractivity contribution in [3.05, 3.63) is 41.1 Å². The molecule has 0 radical (unpaired) electrons. The number of carbonyl (C=O) groups is 1. The molecule has 0 saturated carbocycles. The molecule has 0 bridgehead atoms. The normalized spacial score (nSPS) is 15.7. The highest BCUT2D eigenvalue weighted by atomic mass is 32.1. The molecule has 1 atom stereocenters. The zero-order chi connectivity index (χ0) is 17.8. The second-order valence-corrected chi connectivity index (χ2v) is 6.88. The Morgan fingerprint density at radius 3 is 2.60 bits per heavy atom. The lowest BCUT2D eigenvalue weighted by Gasteiger charge is -2.29. The van der Waals surface area contributed by atoms with E-state index in [0.717, 1.165) is 42.6 Å². The first kappa shape index (κ1) is 17.7. The van der Waals surface area contributed by atoms with E-state index in [9.17, 15) is 4.79 Å². The van der Waals surface area contributed by atoms with E-state index in [1.807, 2.05) is 13.8 Å². The number of nitrogens with one attached hydrogen (secondary N) is 2. The highest BCUT2D eigenvalue weighted by molar-refractivity contribution is 7.10. The minimum atomic E-state index is -0.0969. The number of carbonyl (C=O) groups excluding carboxylic acids is 1. The largest absolute Gasteiger partial charge is 0.378 e. The fraction of sp³-hybridized carbons (Fsp3) is 0.444. The molecule has 2 N–H and O–H groups in total. The fourth-order valence-corrected chi connectivity index (χ4v) is 3.70. The maximum absolute atomic E-state index is 12.6. The van der Waals surface area contributed by atoms with Crippen LogP contribution in [0.1, 0.15) is 34.6 Å². The van der Waals surface area contributed by atoms with Gasteiger partial charge in [-0.1, -0.05) is 12.1 Å². The van der Waals surface area contributed by atoms with Crippen LogP contribution in [-0.2, 0) is 4.74 Å². The van der Waals surface area contributed by atoms with Gasteiger partial charge in [-0.15, -0.1) is 0 Å². The molecule has 1 aromatic heterocycles. The van der Waals surface area contributed by atoms with Crippen molar-refractivity contribution >= 4 is 28.1 Å². The predicted molar refractivity (Wildman–Crippen MR) is 102 cm³/mol. The molecular weight excluding hydrogens is 336 g/mol. The summed E-state index contributed by atoms with van der Waals surface area (Å²) < 4.78 is 9.65. The Balaban J connectivity index is 1.67. The lowest BCUT2D eigenvalue weighted by atomic mass is 10.1. The molecule has 1 fully saturated rings. The first-order valence-corrected chi connectivity index (χ1v) is 9.25. The van der Waals surface area contributed by atoms with Gasteiger partial charge in [0.2, 0.25) is 0 Å². The van der Waals surface area contributed by atoms with Crippen molar-refractivity contribution in [1.29, 1.82) is 0 Å². The molecule has 7 heteroatoms. The van der Waals surface area contributed by atoms with Crippen molar-refractivity contribution < 1.29 is 9.53 Å². The van der Waals surface area contributed by atoms with Crippen molar-refractivity contribution in [1.82, 2.24) is 9.69 Å². The van der Waals surface area contributed by atoms with E-state index in [-0.39, 0.29) is 11.9 Å². The van der Waals surface area contributed by atoms with Gasteiger partial charge in [0.1, 0.15) is 5.00 Å². The third kappa shape index (κ3) is 3.93. The molecule has 1 aliphatic heterocycles. The minimum absolute atomic E-state index is 0.0738. The van der Waals surface area contributed by atoms with Crippen LogP contribution >= 0.6 is 11.5 Å². The molecule has 0 spiro atoms. The number of aromatic nitrogens is 1. The van der Waals surface area contributed by atoms with Gasteiger partial charge in [0, 0.05) is 25.8 Å². The van der Waals surface area contributed by atoms with Crippen LogP contribution in [0.5, 0.6) is 0 Å².